The maximum atomic E-state index is 10.5. The van der Waals surface area contributed by atoms with Gasteiger partial charge in [0.1, 0.15) is 0 Å². The number of aliphatic hydroxyl groups is 1. The summed E-state index contributed by atoms with van der Waals surface area (Å²) in [5, 5.41) is 13.5. The first kappa shape index (κ1) is 13.1. The second-order valence-electron chi connectivity index (χ2n) is 4.96. The van der Waals surface area contributed by atoms with Crippen molar-refractivity contribution in [3.8, 4) is 11.3 Å². The molecule has 2 heterocycles. The van der Waals surface area contributed by atoms with Gasteiger partial charge in [-0.25, -0.2) is 4.98 Å². The first-order chi connectivity index (χ1) is 9.65. The third-order valence-corrected chi connectivity index (χ3v) is 4.11. The smallest absolute Gasteiger partial charge is 0.0964 e. The van der Waals surface area contributed by atoms with Crippen LogP contribution in [-0.4, -0.2) is 10.1 Å². The number of nitrogens with zero attached hydrogens (tertiary/aromatic N) is 1. The minimum atomic E-state index is -0.960. The monoisotopic (exact) mass is 285 g/mol. The van der Waals surface area contributed by atoms with Crippen molar-refractivity contribution in [2.75, 3.05) is 0 Å². The highest BCUT2D eigenvalue weighted by atomic mass is 32.1. The largest absolute Gasteiger partial charge is 0.472 e. The summed E-state index contributed by atoms with van der Waals surface area (Å²) in [5.74, 6) is 0. The second-order valence-corrected chi connectivity index (χ2v) is 5.90. The van der Waals surface area contributed by atoms with E-state index in [2.05, 4.69) is 4.98 Å². The van der Waals surface area contributed by atoms with Gasteiger partial charge in [-0.1, -0.05) is 30.3 Å². The third-order valence-electron chi connectivity index (χ3n) is 3.26. The fourth-order valence-corrected chi connectivity index (χ4v) is 3.05. The van der Waals surface area contributed by atoms with Crippen molar-refractivity contribution >= 4 is 11.3 Å². The van der Waals surface area contributed by atoms with Crippen LogP contribution < -0.4 is 0 Å². The summed E-state index contributed by atoms with van der Waals surface area (Å²) in [6.07, 6.45) is 3.62. The van der Waals surface area contributed by atoms with Gasteiger partial charge in [-0.2, -0.15) is 0 Å². The Balaban J connectivity index is 1.81. The van der Waals surface area contributed by atoms with Crippen LogP contribution in [0.3, 0.4) is 0 Å². The number of rotatable bonds is 4. The Hall–Kier alpha value is -1.91. The number of benzene rings is 1. The molecule has 0 saturated carbocycles. The van der Waals surface area contributed by atoms with Crippen LogP contribution in [0.15, 0.2) is 58.7 Å². The number of hydrogen-bond donors (Lipinski definition) is 1. The van der Waals surface area contributed by atoms with Crippen LogP contribution in [0.4, 0.5) is 0 Å². The fourth-order valence-electron chi connectivity index (χ4n) is 2.10. The van der Waals surface area contributed by atoms with Crippen molar-refractivity contribution in [3.63, 3.8) is 0 Å². The first-order valence-corrected chi connectivity index (χ1v) is 7.28. The summed E-state index contributed by atoms with van der Waals surface area (Å²) in [6, 6.07) is 11.8. The molecule has 3 rings (SSSR count). The van der Waals surface area contributed by atoms with Crippen LogP contribution in [0, 0.1) is 0 Å². The van der Waals surface area contributed by atoms with Crippen molar-refractivity contribution in [2.24, 2.45) is 0 Å². The highest BCUT2D eigenvalue weighted by Gasteiger charge is 2.26. The lowest BCUT2D eigenvalue weighted by atomic mass is 9.95. The van der Waals surface area contributed by atoms with Crippen molar-refractivity contribution in [1.82, 2.24) is 4.98 Å². The van der Waals surface area contributed by atoms with E-state index >= 15 is 0 Å². The Morgan fingerprint density at radius 1 is 1.25 bits per heavy atom. The molecule has 1 unspecified atom stereocenters. The van der Waals surface area contributed by atoms with Crippen LogP contribution >= 0.6 is 11.3 Å². The van der Waals surface area contributed by atoms with E-state index in [1.807, 2.05) is 35.7 Å². The van der Waals surface area contributed by atoms with E-state index in [-0.39, 0.29) is 0 Å². The summed E-state index contributed by atoms with van der Waals surface area (Å²) in [5.41, 5.74) is 1.86. The summed E-state index contributed by atoms with van der Waals surface area (Å²) < 4.78 is 5.04. The number of furan rings is 1. The summed E-state index contributed by atoms with van der Waals surface area (Å²) >= 11 is 1.57. The number of hydrogen-bond acceptors (Lipinski definition) is 4. The normalized spacial score (nSPS) is 14.1. The first-order valence-electron chi connectivity index (χ1n) is 6.40. The lowest BCUT2D eigenvalue weighted by Crippen LogP contribution is -2.23. The van der Waals surface area contributed by atoms with E-state index in [9.17, 15) is 5.11 Å². The van der Waals surface area contributed by atoms with E-state index in [1.165, 1.54) is 0 Å². The molecule has 0 saturated heterocycles. The summed E-state index contributed by atoms with van der Waals surface area (Å²) in [6.45, 7) is 1.78. The highest BCUT2D eigenvalue weighted by molar-refractivity contribution is 7.09. The molecule has 2 aromatic heterocycles. The number of thiazole rings is 1. The molecule has 20 heavy (non-hydrogen) atoms. The maximum Gasteiger partial charge on any atom is 0.0964 e. The van der Waals surface area contributed by atoms with Crippen LogP contribution in [0.5, 0.6) is 0 Å². The van der Waals surface area contributed by atoms with Gasteiger partial charge in [0.05, 0.1) is 28.8 Å². The molecule has 1 N–H and O–H groups in total. The molecule has 3 nitrogen and oxygen atoms in total. The van der Waals surface area contributed by atoms with E-state index in [0.717, 1.165) is 21.8 Å². The van der Waals surface area contributed by atoms with Crippen LogP contribution in [0.2, 0.25) is 0 Å². The maximum absolute atomic E-state index is 10.5. The van der Waals surface area contributed by atoms with Crippen LogP contribution in [0.25, 0.3) is 11.3 Å². The van der Waals surface area contributed by atoms with Gasteiger partial charge in [0.15, 0.2) is 0 Å². The average Bonchev–Trinajstić information content (AvgIpc) is 3.10. The molecule has 0 radical (unpaired) electrons. The summed E-state index contributed by atoms with van der Waals surface area (Å²) in [4.78, 5) is 4.60. The fraction of sp³-hybridized carbons (Fsp3) is 0.188. The minimum absolute atomic E-state index is 0.476. The molecule has 1 aromatic carbocycles. The van der Waals surface area contributed by atoms with Gasteiger partial charge >= 0.3 is 0 Å². The van der Waals surface area contributed by atoms with Gasteiger partial charge in [0.25, 0.3) is 0 Å². The molecule has 0 aliphatic carbocycles. The van der Waals surface area contributed by atoms with Gasteiger partial charge in [-0.05, 0) is 13.0 Å². The second kappa shape index (κ2) is 5.23. The Kier molecular flexibility index (Phi) is 3.42. The zero-order chi connectivity index (χ0) is 14.0. The van der Waals surface area contributed by atoms with Gasteiger partial charge in [0, 0.05) is 22.9 Å². The Labute approximate surface area is 121 Å². The van der Waals surface area contributed by atoms with E-state index in [4.69, 9.17) is 4.42 Å². The molecule has 0 aliphatic heterocycles. The van der Waals surface area contributed by atoms with Crippen LogP contribution in [-0.2, 0) is 12.0 Å². The van der Waals surface area contributed by atoms with Crippen molar-refractivity contribution in [1.29, 1.82) is 0 Å². The van der Waals surface area contributed by atoms with Gasteiger partial charge in [-0.15, -0.1) is 11.3 Å². The van der Waals surface area contributed by atoms with Crippen LogP contribution in [0.1, 0.15) is 17.5 Å². The Morgan fingerprint density at radius 2 is 2.05 bits per heavy atom. The van der Waals surface area contributed by atoms with Gasteiger partial charge in [-0.3, -0.25) is 0 Å². The molecule has 0 amide bonds. The standard InChI is InChI=1S/C16H15NO2S/c1-16(18,13-7-8-19-10-13)9-15-17-14(11-20-15)12-5-3-2-4-6-12/h2-8,10-11,18H,9H2,1H3. The Morgan fingerprint density at radius 3 is 2.75 bits per heavy atom. The third kappa shape index (κ3) is 2.66. The molecular formula is C16H15NO2S. The minimum Gasteiger partial charge on any atom is -0.472 e. The van der Waals surface area contributed by atoms with E-state index in [1.54, 1.807) is 36.9 Å². The van der Waals surface area contributed by atoms with Crippen molar-refractivity contribution < 1.29 is 9.52 Å². The lowest BCUT2D eigenvalue weighted by molar-refractivity contribution is 0.0569. The van der Waals surface area contributed by atoms with E-state index in [0.29, 0.717) is 6.42 Å². The molecule has 0 aliphatic rings. The SMILES string of the molecule is CC(O)(Cc1nc(-c2ccccc2)cs1)c1ccoc1. The van der Waals surface area contributed by atoms with Gasteiger partial charge in [0.2, 0.25) is 0 Å². The molecule has 3 aromatic rings. The molecule has 0 fully saturated rings. The predicted octanol–water partition coefficient (Wildman–Crippen LogP) is 3.85. The molecule has 1 atom stereocenters. The zero-order valence-corrected chi connectivity index (χ0v) is 11.9. The quantitative estimate of drug-likeness (QED) is 0.792. The molecule has 0 bridgehead atoms. The molecular weight excluding hydrogens is 270 g/mol. The van der Waals surface area contributed by atoms with Gasteiger partial charge < -0.3 is 9.52 Å². The summed E-state index contributed by atoms with van der Waals surface area (Å²) in [7, 11) is 0. The van der Waals surface area contributed by atoms with Crippen molar-refractivity contribution in [3.05, 3.63) is 64.9 Å². The molecule has 102 valence electrons. The topological polar surface area (TPSA) is 46.3 Å². The molecule has 4 heteroatoms. The molecule has 0 spiro atoms. The lowest BCUT2D eigenvalue weighted by Gasteiger charge is -2.20. The van der Waals surface area contributed by atoms with E-state index < -0.39 is 5.60 Å². The zero-order valence-electron chi connectivity index (χ0n) is 11.1. The Bertz CT molecular complexity index is 672. The van der Waals surface area contributed by atoms with Crippen molar-refractivity contribution in [2.45, 2.75) is 18.9 Å². The highest BCUT2D eigenvalue weighted by Crippen LogP contribution is 2.29. The number of aromatic nitrogens is 1. The average molecular weight is 285 g/mol. The predicted molar refractivity (Wildman–Crippen MR) is 79.5 cm³/mol.